The molecular formula is C45H64N6O3. The number of imide groups is 1. The van der Waals surface area contributed by atoms with Gasteiger partial charge in [-0.1, -0.05) is 90.4 Å². The van der Waals surface area contributed by atoms with E-state index in [-0.39, 0.29) is 34.6 Å². The molecule has 3 saturated heterocycles. The molecule has 3 amide bonds. The molecule has 0 saturated carbocycles. The zero-order chi connectivity index (χ0) is 38.6. The van der Waals surface area contributed by atoms with Crippen LogP contribution in [0.3, 0.4) is 0 Å². The van der Waals surface area contributed by atoms with E-state index in [4.69, 9.17) is 0 Å². The highest BCUT2D eigenvalue weighted by Gasteiger charge is 2.42. The molecule has 54 heavy (non-hydrogen) atoms. The third-order valence-electron chi connectivity index (χ3n) is 13.0. The lowest BCUT2D eigenvalue weighted by Gasteiger charge is -2.40. The van der Waals surface area contributed by atoms with Gasteiger partial charge in [-0.25, -0.2) is 0 Å². The summed E-state index contributed by atoms with van der Waals surface area (Å²) in [5.41, 5.74) is 2.78. The summed E-state index contributed by atoms with van der Waals surface area (Å²) in [6.07, 6.45) is 11.7. The first-order valence-electron chi connectivity index (χ1n) is 20.8. The van der Waals surface area contributed by atoms with Crippen molar-refractivity contribution in [3.8, 4) is 0 Å². The molecule has 4 heterocycles. The van der Waals surface area contributed by atoms with Crippen LogP contribution in [0.15, 0.2) is 54.6 Å². The number of likely N-dealkylation sites (tertiary alicyclic amines) is 1. The third kappa shape index (κ3) is 8.98. The zero-order valence-electron chi connectivity index (χ0n) is 33.9. The number of nitrogens with one attached hydrogen (secondary N) is 1. The van der Waals surface area contributed by atoms with Crippen LogP contribution in [0.25, 0.3) is 0 Å². The number of nitrogens with zero attached hydrogens (tertiary/aromatic N) is 5. The van der Waals surface area contributed by atoms with Crippen molar-refractivity contribution in [1.29, 1.82) is 0 Å². The molecule has 0 aliphatic carbocycles. The number of hydrogen-bond donors (Lipinski definition) is 1. The number of carbonyl (C=O) groups excluding carboxylic acids is 3. The fourth-order valence-electron chi connectivity index (χ4n) is 9.49. The summed E-state index contributed by atoms with van der Waals surface area (Å²) < 4.78 is 2.43. The molecule has 3 aromatic rings. The highest BCUT2D eigenvalue weighted by Crippen LogP contribution is 2.42. The topological polar surface area (TPSA) is 100 Å². The Kier molecular flexibility index (Phi) is 12.5. The quantitative estimate of drug-likeness (QED) is 0.110. The predicted molar refractivity (Wildman–Crippen MR) is 214 cm³/mol. The van der Waals surface area contributed by atoms with Gasteiger partial charge in [-0.3, -0.25) is 24.2 Å². The van der Waals surface area contributed by atoms with Gasteiger partial charge in [0.25, 0.3) is 5.91 Å². The molecule has 3 aliphatic heterocycles. The summed E-state index contributed by atoms with van der Waals surface area (Å²) >= 11 is 0. The van der Waals surface area contributed by atoms with Crippen molar-refractivity contribution in [3.63, 3.8) is 0 Å². The SMILES string of the molecule is CCC(C)(CCCC(C)(C)CC(=O)NC(CCCN1C2CCC1CC(n1c(C)nnc1C(C)C)C2)c1ccccc1)c1ccc(C(=O)N2CCC2=O)cc1. The maximum Gasteiger partial charge on any atom is 0.260 e. The van der Waals surface area contributed by atoms with Crippen molar-refractivity contribution >= 4 is 17.7 Å². The number of hydrogen-bond acceptors (Lipinski definition) is 6. The largest absolute Gasteiger partial charge is 0.349 e. The van der Waals surface area contributed by atoms with Crippen LogP contribution >= 0.6 is 0 Å². The Balaban J connectivity index is 0.998. The van der Waals surface area contributed by atoms with E-state index in [9.17, 15) is 14.4 Å². The first kappa shape index (κ1) is 39.8. The standard InChI is InChI=1S/C45H64N6O3/c1-8-45(7,35-19-17-34(18-20-35)43(54)50-27-23-41(50)53)25-13-24-44(5,6)30-40(52)46-39(33-14-10-9-11-15-33)16-12-26-49-36-21-22-37(49)29-38(28-36)51-32(4)47-48-42(51)31(2)3/h9-11,14-15,17-20,31,36-39H,8,12-13,16,21-30H2,1-7H3,(H,46,52). The number of carbonyl (C=O) groups is 3. The Morgan fingerprint density at radius 2 is 1.59 bits per heavy atom. The fourth-order valence-corrected chi connectivity index (χ4v) is 9.49. The van der Waals surface area contributed by atoms with Gasteiger partial charge in [0.2, 0.25) is 11.8 Å². The molecule has 0 radical (unpaired) electrons. The molecule has 2 aromatic carbocycles. The average Bonchev–Trinajstić information content (AvgIpc) is 3.64. The monoisotopic (exact) mass is 737 g/mol. The van der Waals surface area contributed by atoms with Gasteiger partial charge < -0.3 is 9.88 Å². The Labute approximate surface area is 323 Å². The smallest absolute Gasteiger partial charge is 0.260 e. The van der Waals surface area contributed by atoms with Gasteiger partial charge >= 0.3 is 0 Å². The summed E-state index contributed by atoms with van der Waals surface area (Å²) in [6.45, 7) is 17.1. The molecule has 4 unspecified atom stereocenters. The number of benzene rings is 2. The van der Waals surface area contributed by atoms with Crippen molar-refractivity contribution in [2.24, 2.45) is 5.41 Å². The lowest BCUT2D eigenvalue weighted by molar-refractivity contribution is -0.136. The first-order chi connectivity index (χ1) is 25.8. The van der Waals surface area contributed by atoms with Crippen molar-refractivity contribution < 1.29 is 14.4 Å². The van der Waals surface area contributed by atoms with Crippen LogP contribution in [-0.4, -0.2) is 67.5 Å². The van der Waals surface area contributed by atoms with Crippen LogP contribution in [0.5, 0.6) is 0 Å². The molecular weight excluding hydrogens is 673 g/mol. The van der Waals surface area contributed by atoms with Gasteiger partial charge in [0.15, 0.2) is 0 Å². The highest BCUT2D eigenvalue weighted by molar-refractivity contribution is 6.07. The van der Waals surface area contributed by atoms with E-state index in [1.54, 1.807) is 0 Å². The van der Waals surface area contributed by atoms with E-state index in [0.717, 1.165) is 69.6 Å². The second kappa shape index (κ2) is 16.9. The maximum atomic E-state index is 13.7. The lowest BCUT2D eigenvalue weighted by Crippen LogP contribution is -2.47. The summed E-state index contributed by atoms with van der Waals surface area (Å²) in [5, 5.41) is 12.4. The molecule has 3 fully saturated rings. The van der Waals surface area contributed by atoms with E-state index in [1.807, 2.05) is 18.2 Å². The van der Waals surface area contributed by atoms with Gasteiger partial charge in [-0.2, -0.15) is 0 Å². The number of piperidine rings is 1. The Morgan fingerprint density at radius 1 is 0.907 bits per heavy atom. The van der Waals surface area contributed by atoms with Crippen LogP contribution in [-0.2, 0) is 15.0 Å². The van der Waals surface area contributed by atoms with E-state index < -0.39 is 0 Å². The second-order valence-electron chi connectivity index (χ2n) is 17.8. The van der Waals surface area contributed by atoms with Crippen LogP contribution in [0, 0.1) is 12.3 Å². The molecule has 1 N–H and O–H groups in total. The Hall–Kier alpha value is -3.85. The Morgan fingerprint density at radius 3 is 2.19 bits per heavy atom. The fraction of sp³-hybridized carbons (Fsp3) is 0.622. The molecule has 3 aliphatic rings. The van der Waals surface area contributed by atoms with Crippen molar-refractivity contribution in [2.75, 3.05) is 13.1 Å². The minimum Gasteiger partial charge on any atom is -0.349 e. The lowest BCUT2D eigenvalue weighted by atomic mass is 9.73. The molecule has 0 spiro atoms. The zero-order valence-corrected chi connectivity index (χ0v) is 33.9. The summed E-state index contributed by atoms with van der Waals surface area (Å²) in [5.74, 6) is 2.36. The van der Waals surface area contributed by atoms with Crippen molar-refractivity contribution in [1.82, 2.24) is 29.9 Å². The number of β-lactam (4-membered cyclic amide) rings is 1. The van der Waals surface area contributed by atoms with Crippen LogP contribution < -0.4 is 5.32 Å². The molecule has 1 aromatic heterocycles. The van der Waals surface area contributed by atoms with Crippen LogP contribution in [0.2, 0.25) is 0 Å². The second-order valence-corrected chi connectivity index (χ2v) is 17.8. The minimum absolute atomic E-state index is 0.00425. The molecule has 292 valence electrons. The van der Waals surface area contributed by atoms with Crippen molar-refractivity contribution in [3.05, 3.63) is 82.9 Å². The Bertz CT molecular complexity index is 1740. The number of amides is 3. The van der Waals surface area contributed by atoms with Gasteiger partial charge in [0.05, 0.1) is 6.04 Å². The highest BCUT2D eigenvalue weighted by atomic mass is 16.2. The van der Waals surface area contributed by atoms with Crippen LogP contribution in [0.4, 0.5) is 0 Å². The summed E-state index contributed by atoms with van der Waals surface area (Å²) in [7, 11) is 0. The number of fused-ring (bicyclic) bond motifs is 2. The molecule has 9 heteroatoms. The average molecular weight is 737 g/mol. The van der Waals surface area contributed by atoms with E-state index in [0.29, 0.717) is 49.0 Å². The molecule has 4 atom stereocenters. The maximum absolute atomic E-state index is 13.7. The number of rotatable bonds is 17. The minimum atomic E-state index is -0.201. The molecule has 6 rings (SSSR count). The summed E-state index contributed by atoms with van der Waals surface area (Å²) in [4.78, 5) is 42.2. The van der Waals surface area contributed by atoms with Gasteiger partial charge in [0, 0.05) is 49.0 Å². The van der Waals surface area contributed by atoms with E-state index in [2.05, 4.69) is 110 Å². The van der Waals surface area contributed by atoms with E-state index >= 15 is 0 Å². The summed E-state index contributed by atoms with van der Waals surface area (Å²) in [6, 6.07) is 20.0. The van der Waals surface area contributed by atoms with Gasteiger partial charge in [-0.05, 0) is 105 Å². The molecule has 2 bridgehead atoms. The molecule has 9 nitrogen and oxygen atoms in total. The normalized spacial score (nSPS) is 21.9. The third-order valence-corrected chi connectivity index (χ3v) is 13.0. The number of aromatic nitrogens is 3. The van der Waals surface area contributed by atoms with Gasteiger partial charge in [0.1, 0.15) is 11.6 Å². The number of aryl methyl sites for hydroxylation is 1. The van der Waals surface area contributed by atoms with Crippen LogP contribution in [0.1, 0.15) is 170 Å². The predicted octanol–water partition coefficient (Wildman–Crippen LogP) is 8.84. The van der Waals surface area contributed by atoms with Gasteiger partial charge in [-0.15, -0.1) is 10.2 Å². The van der Waals surface area contributed by atoms with E-state index in [1.165, 1.54) is 28.9 Å². The first-order valence-corrected chi connectivity index (χ1v) is 20.8. The van der Waals surface area contributed by atoms with Crippen molar-refractivity contribution in [2.45, 2.75) is 161 Å².